The van der Waals surface area contributed by atoms with Gasteiger partial charge in [0.15, 0.2) is 0 Å². The lowest BCUT2D eigenvalue weighted by molar-refractivity contribution is -0.137. The van der Waals surface area contributed by atoms with E-state index in [-0.39, 0.29) is 40.9 Å². The van der Waals surface area contributed by atoms with Crippen molar-refractivity contribution in [2.24, 2.45) is 16.3 Å². The second-order valence-corrected chi connectivity index (χ2v) is 12.0. The lowest BCUT2D eigenvalue weighted by atomic mass is 9.69. The van der Waals surface area contributed by atoms with Crippen LogP contribution in [0.1, 0.15) is 71.8 Å². The molecule has 1 aliphatic carbocycles. The fourth-order valence-corrected chi connectivity index (χ4v) is 5.61. The normalized spacial score (nSPS) is 21.7. The summed E-state index contributed by atoms with van der Waals surface area (Å²) in [6, 6.07) is 4.07. The molecular formula is C31H39ClFN3O4. The molecule has 216 valence electrons. The molecule has 3 rings (SSSR count). The Hall–Kier alpha value is -3.26. The van der Waals surface area contributed by atoms with Crippen LogP contribution in [0, 0.1) is 17.2 Å². The molecule has 1 heterocycles. The van der Waals surface area contributed by atoms with Gasteiger partial charge >= 0.3 is 5.97 Å². The summed E-state index contributed by atoms with van der Waals surface area (Å²) in [7, 11) is 0. The van der Waals surface area contributed by atoms with Crippen molar-refractivity contribution in [2.75, 3.05) is 13.1 Å². The predicted octanol–water partition coefficient (Wildman–Crippen LogP) is 6.08. The van der Waals surface area contributed by atoms with Gasteiger partial charge in [0.1, 0.15) is 17.2 Å². The number of halogens is 2. The minimum atomic E-state index is -0.986. The number of carboxylic acid groups (broad SMARTS) is 1. The van der Waals surface area contributed by atoms with E-state index in [1.54, 1.807) is 36.1 Å². The summed E-state index contributed by atoms with van der Waals surface area (Å²) in [4.78, 5) is 43.5. The molecule has 1 fully saturated rings. The van der Waals surface area contributed by atoms with Crippen LogP contribution < -0.4 is 5.32 Å². The number of nitrogens with one attached hydrogen (secondary N) is 1. The summed E-state index contributed by atoms with van der Waals surface area (Å²) in [5, 5.41) is 11.5. The number of carboxylic acids is 1. The fraction of sp³-hybridized carbons (Fsp3) is 0.484. The molecule has 0 unspecified atom stereocenters. The maximum Gasteiger partial charge on any atom is 0.305 e. The number of hydrogen-bond donors (Lipinski definition) is 2. The van der Waals surface area contributed by atoms with Gasteiger partial charge in [0.25, 0.3) is 11.8 Å². The number of hydrogen-bond acceptors (Lipinski definition) is 4. The van der Waals surface area contributed by atoms with E-state index in [2.05, 4.69) is 32.7 Å². The highest BCUT2D eigenvalue weighted by Gasteiger charge is 2.49. The third-order valence-corrected chi connectivity index (χ3v) is 7.99. The number of carbonyl (C=O) groups excluding carboxylic acids is 2. The van der Waals surface area contributed by atoms with Gasteiger partial charge in [-0.3, -0.25) is 19.4 Å². The molecule has 1 aromatic carbocycles. The average molecular weight is 572 g/mol. The van der Waals surface area contributed by atoms with E-state index in [0.717, 1.165) is 25.7 Å². The summed E-state index contributed by atoms with van der Waals surface area (Å²) in [6.45, 7) is 12.9. The van der Waals surface area contributed by atoms with Crippen LogP contribution in [0.25, 0.3) is 0 Å². The number of allylic oxidation sites excluding steroid dienone is 2. The van der Waals surface area contributed by atoms with Crippen LogP contribution in [-0.4, -0.2) is 52.3 Å². The maximum absolute atomic E-state index is 14.2. The second kappa shape index (κ2) is 12.9. The molecule has 0 radical (unpaired) electrons. The Labute approximate surface area is 240 Å². The zero-order chi connectivity index (χ0) is 29.7. The second-order valence-electron chi connectivity index (χ2n) is 11.6. The smallest absolute Gasteiger partial charge is 0.305 e. The van der Waals surface area contributed by atoms with Crippen LogP contribution in [0.4, 0.5) is 4.39 Å². The zero-order valence-electron chi connectivity index (χ0n) is 23.7. The Balaban J connectivity index is 1.76. The van der Waals surface area contributed by atoms with Gasteiger partial charge in [0.05, 0.1) is 6.42 Å². The molecule has 40 heavy (non-hydrogen) atoms. The van der Waals surface area contributed by atoms with E-state index < -0.39 is 17.4 Å². The van der Waals surface area contributed by atoms with E-state index in [1.807, 2.05) is 0 Å². The molecule has 1 spiro atoms. The van der Waals surface area contributed by atoms with Crippen LogP contribution in [0.3, 0.4) is 0 Å². The minimum absolute atomic E-state index is 0.0361. The number of carbonyl (C=O) groups is 3. The van der Waals surface area contributed by atoms with Gasteiger partial charge in [-0.1, -0.05) is 56.7 Å². The van der Waals surface area contributed by atoms with E-state index in [9.17, 15) is 18.8 Å². The molecule has 7 nitrogen and oxygen atoms in total. The topological polar surface area (TPSA) is 99.1 Å². The van der Waals surface area contributed by atoms with Gasteiger partial charge in [-0.15, -0.1) is 0 Å². The third kappa shape index (κ3) is 7.68. The summed E-state index contributed by atoms with van der Waals surface area (Å²) in [6.07, 6.45) is 8.58. The molecule has 1 aliphatic heterocycles. The summed E-state index contributed by atoms with van der Waals surface area (Å²) in [5.74, 6) is -1.62. The van der Waals surface area contributed by atoms with Crippen molar-refractivity contribution in [1.82, 2.24) is 10.2 Å². The number of amides is 2. The Morgan fingerprint density at radius 2 is 1.90 bits per heavy atom. The van der Waals surface area contributed by atoms with Crippen LogP contribution in [-0.2, 0) is 14.4 Å². The molecule has 1 aromatic rings. The highest BCUT2D eigenvalue weighted by atomic mass is 35.5. The number of nitrogens with zero attached hydrogens (tertiary/aromatic N) is 2. The number of aliphatic carboxylic acids is 1. The molecule has 9 heteroatoms. The average Bonchev–Trinajstić information content (AvgIpc) is 3.12. The molecule has 2 N–H and O–H groups in total. The van der Waals surface area contributed by atoms with Gasteiger partial charge in [-0.05, 0) is 74.6 Å². The van der Waals surface area contributed by atoms with Crippen LogP contribution in [0.15, 0.2) is 59.1 Å². The van der Waals surface area contributed by atoms with E-state index >= 15 is 0 Å². The van der Waals surface area contributed by atoms with Gasteiger partial charge in [0.2, 0.25) is 0 Å². The van der Waals surface area contributed by atoms with Crippen molar-refractivity contribution >= 4 is 35.1 Å². The van der Waals surface area contributed by atoms with Crippen LogP contribution >= 0.6 is 11.6 Å². The fourth-order valence-electron chi connectivity index (χ4n) is 5.38. The van der Waals surface area contributed by atoms with Gasteiger partial charge in [-0.2, -0.15) is 0 Å². The number of aliphatic imine (C=N–C) groups is 1. The lowest BCUT2D eigenvalue weighted by Crippen LogP contribution is -2.50. The first kappa shape index (κ1) is 31.3. The lowest BCUT2D eigenvalue weighted by Gasteiger charge is -2.45. The summed E-state index contributed by atoms with van der Waals surface area (Å²) in [5.41, 5.74) is 1.16. The summed E-state index contributed by atoms with van der Waals surface area (Å²) >= 11 is 6.10. The van der Waals surface area contributed by atoms with Gasteiger partial charge in [0, 0.05) is 29.2 Å². The zero-order valence-corrected chi connectivity index (χ0v) is 24.5. The van der Waals surface area contributed by atoms with E-state index in [4.69, 9.17) is 21.7 Å². The van der Waals surface area contributed by atoms with Crippen molar-refractivity contribution in [3.63, 3.8) is 0 Å². The number of rotatable bonds is 10. The monoisotopic (exact) mass is 571 g/mol. The summed E-state index contributed by atoms with van der Waals surface area (Å²) < 4.78 is 14.2. The van der Waals surface area contributed by atoms with Crippen LogP contribution in [0.2, 0.25) is 5.02 Å². The van der Waals surface area contributed by atoms with E-state index in [1.165, 1.54) is 12.1 Å². The van der Waals surface area contributed by atoms with Crippen molar-refractivity contribution in [2.45, 2.75) is 71.9 Å². The Kier molecular flexibility index (Phi) is 10.1. The molecule has 0 bridgehead atoms. The molecule has 0 atom stereocenters. The molecule has 1 saturated carbocycles. The third-order valence-electron chi connectivity index (χ3n) is 7.77. The Morgan fingerprint density at radius 3 is 2.48 bits per heavy atom. The first-order chi connectivity index (χ1) is 18.8. The Bertz CT molecular complexity index is 1230. The molecular weight excluding hydrogens is 533 g/mol. The minimum Gasteiger partial charge on any atom is -0.481 e. The highest BCUT2D eigenvalue weighted by molar-refractivity contribution is 6.47. The van der Waals surface area contributed by atoms with Crippen molar-refractivity contribution in [3.8, 4) is 0 Å². The van der Waals surface area contributed by atoms with Crippen molar-refractivity contribution in [3.05, 3.63) is 70.6 Å². The largest absolute Gasteiger partial charge is 0.481 e. The standard InChI is InChI=1S/C31H39ClFN3O4/c1-6-21(28(39)34-15-11-26(37)38)8-7-20(2)12-16-36-29(40)27(22-17-24(32)19-25(33)18-22)35-31(36)13-9-23(10-14-31)30(3,4)5/h6-8,17-19,23H,2,9-16H2,1,3-5H3,(H,34,39)(H,37,38)/b8-7-,21-6+. The first-order valence-electron chi connectivity index (χ1n) is 13.7. The molecule has 0 saturated heterocycles. The molecule has 0 aromatic heterocycles. The predicted molar refractivity (Wildman–Crippen MR) is 156 cm³/mol. The van der Waals surface area contributed by atoms with Crippen molar-refractivity contribution in [1.29, 1.82) is 0 Å². The van der Waals surface area contributed by atoms with Crippen LogP contribution in [0.5, 0.6) is 0 Å². The van der Waals surface area contributed by atoms with Gasteiger partial charge < -0.3 is 15.3 Å². The first-order valence-corrected chi connectivity index (χ1v) is 14.0. The Morgan fingerprint density at radius 1 is 1.23 bits per heavy atom. The maximum atomic E-state index is 14.2. The SMILES string of the molecule is C=C(/C=C\C(=C/C)C(=O)NCCC(=O)O)CCN1C(=O)C(c2cc(F)cc(Cl)c2)=NC12CCC(C(C)(C)C)CC2. The molecule has 2 amide bonds. The van der Waals surface area contributed by atoms with E-state index in [0.29, 0.717) is 35.6 Å². The molecule has 2 aliphatic rings. The van der Waals surface area contributed by atoms with Crippen molar-refractivity contribution < 1.29 is 23.9 Å². The van der Waals surface area contributed by atoms with Gasteiger partial charge in [-0.25, -0.2) is 4.39 Å². The highest BCUT2D eigenvalue weighted by Crippen LogP contribution is 2.46. The number of benzene rings is 1. The quantitative estimate of drug-likeness (QED) is 0.262.